The Morgan fingerprint density at radius 2 is 2.33 bits per heavy atom. The average Bonchev–Trinajstić information content (AvgIpc) is 2.74. The van der Waals surface area contributed by atoms with Crippen molar-refractivity contribution in [2.45, 2.75) is 12.5 Å². The zero-order valence-corrected chi connectivity index (χ0v) is 11.1. The molecular weight excluding hydrogens is 230 g/mol. The Morgan fingerprint density at radius 3 is 2.94 bits per heavy atom. The lowest BCUT2D eigenvalue weighted by molar-refractivity contribution is 0.0818. The first-order valence-corrected chi connectivity index (χ1v) is 6.10. The highest BCUT2D eigenvalue weighted by atomic mass is 16.5. The van der Waals surface area contributed by atoms with Crippen molar-refractivity contribution in [1.82, 2.24) is 14.8 Å². The van der Waals surface area contributed by atoms with Crippen molar-refractivity contribution in [3.05, 3.63) is 23.9 Å². The summed E-state index contributed by atoms with van der Waals surface area (Å²) < 4.78 is 5.85. The van der Waals surface area contributed by atoms with Gasteiger partial charge in [0.15, 0.2) is 0 Å². The third kappa shape index (κ3) is 2.79. The van der Waals surface area contributed by atoms with Crippen LogP contribution in [0, 0.1) is 0 Å². The molecule has 1 unspecified atom stereocenters. The van der Waals surface area contributed by atoms with Crippen LogP contribution in [0.2, 0.25) is 0 Å². The van der Waals surface area contributed by atoms with Gasteiger partial charge >= 0.3 is 0 Å². The van der Waals surface area contributed by atoms with Crippen LogP contribution in [0.3, 0.4) is 0 Å². The maximum absolute atomic E-state index is 12.0. The lowest BCUT2D eigenvalue weighted by atomic mass is 10.2. The molecule has 0 N–H and O–H groups in total. The first-order valence-electron chi connectivity index (χ1n) is 6.10. The molecule has 1 aromatic rings. The van der Waals surface area contributed by atoms with Crippen LogP contribution in [-0.2, 0) is 0 Å². The smallest absolute Gasteiger partial charge is 0.258 e. The number of hydrogen-bond acceptors (Lipinski definition) is 4. The van der Waals surface area contributed by atoms with Crippen LogP contribution in [0.1, 0.15) is 16.8 Å². The SMILES string of the molecule is CN1CCC(Oc2ncccc2C(=O)N(C)C)C1. The largest absolute Gasteiger partial charge is 0.472 e. The topological polar surface area (TPSA) is 45.7 Å². The Morgan fingerprint density at radius 1 is 1.56 bits per heavy atom. The predicted molar refractivity (Wildman–Crippen MR) is 68.8 cm³/mol. The van der Waals surface area contributed by atoms with Gasteiger partial charge in [-0.05, 0) is 25.6 Å². The van der Waals surface area contributed by atoms with Gasteiger partial charge < -0.3 is 14.5 Å². The molecule has 1 aromatic heterocycles. The molecular formula is C13H19N3O2. The van der Waals surface area contributed by atoms with E-state index in [2.05, 4.69) is 16.9 Å². The van der Waals surface area contributed by atoms with Crippen molar-refractivity contribution in [3.63, 3.8) is 0 Å². The van der Waals surface area contributed by atoms with Crippen LogP contribution in [0.25, 0.3) is 0 Å². The number of hydrogen-bond donors (Lipinski definition) is 0. The van der Waals surface area contributed by atoms with Crippen LogP contribution in [0.4, 0.5) is 0 Å². The number of likely N-dealkylation sites (tertiary alicyclic amines) is 1. The molecule has 5 heteroatoms. The Bertz CT molecular complexity index is 434. The number of rotatable bonds is 3. The first-order chi connectivity index (χ1) is 8.58. The van der Waals surface area contributed by atoms with Gasteiger partial charge in [-0.1, -0.05) is 0 Å². The third-order valence-electron chi connectivity index (χ3n) is 3.03. The minimum absolute atomic E-state index is 0.0792. The quantitative estimate of drug-likeness (QED) is 0.797. The molecule has 0 bridgehead atoms. The lowest BCUT2D eigenvalue weighted by Crippen LogP contribution is -2.26. The Labute approximate surface area is 107 Å². The van der Waals surface area contributed by atoms with E-state index in [1.807, 2.05) is 0 Å². The summed E-state index contributed by atoms with van der Waals surface area (Å²) in [5.74, 6) is 0.362. The summed E-state index contributed by atoms with van der Waals surface area (Å²) in [6.07, 6.45) is 2.75. The highest BCUT2D eigenvalue weighted by Crippen LogP contribution is 2.20. The Kier molecular flexibility index (Phi) is 3.81. The number of pyridine rings is 1. The summed E-state index contributed by atoms with van der Waals surface area (Å²) in [4.78, 5) is 19.9. The first kappa shape index (κ1) is 12.8. The molecule has 1 fully saturated rings. The van der Waals surface area contributed by atoms with E-state index < -0.39 is 0 Å². The summed E-state index contributed by atoms with van der Waals surface area (Å²) >= 11 is 0. The molecule has 2 heterocycles. The van der Waals surface area contributed by atoms with Gasteiger partial charge in [0.2, 0.25) is 5.88 Å². The number of ether oxygens (including phenoxy) is 1. The maximum Gasteiger partial charge on any atom is 0.258 e. The van der Waals surface area contributed by atoms with Gasteiger partial charge in [-0.3, -0.25) is 4.79 Å². The fourth-order valence-corrected chi connectivity index (χ4v) is 2.04. The molecule has 98 valence electrons. The molecule has 0 saturated carbocycles. The average molecular weight is 249 g/mol. The van der Waals surface area contributed by atoms with Crippen LogP contribution in [0.5, 0.6) is 5.88 Å². The van der Waals surface area contributed by atoms with E-state index in [1.165, 1.54) is 4.90 Å². The molecule has 0 spiro atoms. The van der Waals surface area contributed by atoms with E-state index in [-0.39, 0.29) is 12.0 Å². The van der Waals surface area contributed by atoms with Crippen molar-refractivity contribution in [1.29, 1.82) is 0 Å². The van der Waals surface area contributed by atoms with E-state index in [0.717, 1.165) is 19.5 Å². The fraction of sp³-hybridized carbons (Fsp3) is 0.538. The van der Waals surface area contributed by atoms with E-state index >= 15 is 0 Å². The maximum atomic E-state index is 12.0. The third-order valence-corrected chi connectivity index (χ3v) is 3.03. The fourth-order valence-electron chi connectivity index (χ4n) is 2.04. The Hall–Kier alpha value is -1.62. The molecule has 1 atom stereocenters. The Balaban J connectivity index is 2.15. The molecule has 2 rings (SSSR count). The van der Waals surface area contributed by atoms with E-state index in [0.29, 0.717) is 11.4 Å². The van der Waals surface area contributed by atoms with Gasteiger partial charge in [0.05, 0.1) is 0 Å². The van der Waals surface area contributed by atoms with E-state index in [4.69, 9.17) is 4.74 Å². The molecule has 1 aliphatic rings. The standard InChI is InChI=1S/C13H19N3O2/c1-15(2)13(17)11-5-4-7-14-12(11)18-10-6-8-16(3)9-10/h4-5,7,10H,6,8-9H2,1-3H3. The van der Waals surface area contributed by atoms with Gasteiger partial charge in [-0.2, -0.15) is 0 Å². The second kappa shape index (κ2) is 5.35. The predicted octanol–water partition coefficient (Wildman–Crippen LogP) is 0.866. The minimum atomic E-state index is -0.0792. The highest BCUT2D eigenvalue weighted by Gasteiger charge is 2.24. The number of likely N-dealkylation sites (N-methyl/N-ethyl adjacent to an activating group) is 1. The lowest BCUT2D eigenvalue weighted by Gasteiger charge is -2.17. The second-order valence-corrected chi connectivity index (χ2v) is 4.85. The number of amides is 1. The summed E-state index contributed by atoms with van der Waals surface area (Å²) in [7, 11) is 5.51. The molecule has 5 nitrogen and oxygen atoms in total. The van der Waals surface area contributed by atoms with Crippen molar-refractivity contribution in [3.8, 4) is 5.88 Å². The van der Waals surface area contributed by atoms with Gasteiger partial charge in [0.25, 0.3) is 5.91 Å². The normalized spacial score (nSPS) is 19.8. The number of carbonyl (C=O) groups excluding carboxylic acids is 1. The number of aromatic nitrogens is 1. The number of carbonyl (C=O) groups is 1. The molecule has 1 aliphatic heterocycles. The number of nitrogens with zero attached hydrogens (tertiary/aromatic N) is 3. The van der Waals surface area contributed by atoms with Crippen LogP contribution in [-0.4, -0.2) is 61.0 Å². The van der Waals surface area contributed by atoms with Crippen molar-refractivity contribution in [2.75, 3.05) is 34.2 Å². The highest BCUT2D eigenvalue weighted by molar-refractivity contribution is 5.95. The van der Waals surface area contributed by atoms with Crippen molar-refractivity contribution >= 4 is 5.91 Å². The molecule has 0 aromatic carbocycles. The summed E-state index contributed by atoms with van der Waals surface area (Å²) in [5, 5.41) is 0. The van der Waals surface area contributed by atoms with Gasteiger partial charge in [0, 0.05) is 33.4 Å². The van der Waals surface area contributed by atoms with E-state index in [1.54, 1.807) is 32.4 Å². The zero-order valence-electron chi connectivity index (χ0n) is 11.1. The van der Waals surface area contributed by atoms with Gasteiger partial charge in [0.1, 0.15) is 11.7 Å². The molecule has 1 saturated heterocycles. The zero-order chi connectivity index (χ0) is 13.1. The van der Waals surface area contributed by atoms with E-state index in [9.17, 15) is 4.79 Å². The summed E-state index contributed by atoms with van der Waals surface area (Å²) in [6.45, 7) is 1.90. The van der Waals surface area contributed by atoms with Crippen LogP contribution < -0.4 is 4.74 Å². The summed E-state index contributed by atoms with van der Waals surface area (Å²) in [6, 6.07) is 3.51. The van der Waals surface area contributed by atoms with Crippen LogP contribution >= 0.6 is 0 Å². The molecule has 1 amide bonds. The van der Waals surface area contributed by atoms with Gasteiger partial charge in [-0.25, -0.2) is 4.98 Å². The van der Waals surface area contributed by atoms with Crippen molar-refractivity contribution < 1.29 is 9.53 Å². The summed E-state index contributed by atoms with van der Waals surface area (Å²) in [5.41, 5.74) is 0.525. The minimum Gasteiger partial charge on any atom is -0.472 e. The van der Waals surface area contributed by atoms with Gasteiger partial charge in [-0.15, -0.1) is 0 Å². The molecule has 0 aliphatic carbocycles. The van der Waals surface area contributed by atoms with Crippen LogP contribution in [0.15, 0.2) is 18.3 Å². The second-order valence-electron chi connectivity index (χ2n) is 4.85. The molecule has 18 heavy (non-hydrogen) atoms. The monoisotopic (exact) mass is 249 g/mol. The van der Waals surface area contributed by atoms with Crippen molar-refractivity contribution in [2.24, 2.45) is 0 Å². The molecule has 0 radical (unpaired) electrons.